The van der Waals surface area contributed by atoms with Crippen LogP contribution in [0, 0.1) is 0 Å². The van der Waals surface area contributed by atoms with Gasteiger partial charge in [-0.05, 0) is 44.4 Å². The maximum Gasteiger partial charge on any atom is 0.305 e. The predicted molar refractivity (Wildman–Crippen MR) is 114 cm³/mol. The highest BCUT2D eigenvalue weighted by Gasteiger charge is 2.19. The van der Waals surface area contributed by atoms with Gasteiger partial charge in [-0.15, -0.1) is 0 Å². The zero-order chi connectivity index (χ0) is 21.6. The van der Waals surface area contributed by atoms with E-state index in [1.807, 2.05) is 42.0 Å². The van der Waals surface area contributed by atoms with Crippen LogP contribution in [0.2, 0.25) is 0 Å². The first-order valence-corrected chi connectivity index (χ1v) is 10.6. The molecule has 0 saturated carbocycles. The summed E-state index contributed by atoms with van der Waals surface area (Å²) in [5, 5.41) is 0. The van der Waals surface area contributed by atoms with E-state index in [1.165, 1.54) is 0 Å². The van der Waals surface area contributed by atoms with Crippen LogP contribution in [0.25, 0.3) is 0 Å². The van der Waals surface area contributed by atoms with Crippen molar-refractivity contribution in [2.45, 2.75) is 58.3 Å². The number of rotatable bonds is 15. The minimum absolute atomic E-state index is 0.0949. The van der Waals surface area contributed by atoms with E-state index in [0.29, 0.717) is 32.8 Å². The normalized spacial score (nSPS) is 13.0. The Morgan fingerprint density at radius 2 is 1.97 bits per heavy atom. The van der Waals surface area contributed by atoms with Gasteiger partial charge in [-0.2, -0.15) is 0 Å². The molecule has 0 bridgehead atoms. The SMILES string of the molecule is CCOC(=O)CCCCCOC(COCc1ccc(OC)cc1)C(C)n1ccnc1. The van der Waals surface area contributed by atoms with Crippen LogP contribution in [0.5, 0.6) is 5.75 Å². The largest absolute Gasteiger partial charge is 0.497 e. The number of hydrogen-bond donors (Lipinski definition) is 0. The lowest BCUT2D eigenvalue weighted by atomic mass is 10.1. The monoisotopic (exact) mass is 418 g/mol. The van der Waals surface area contributed by atoms with Gasteiger partial charge in [0.1, 0.15) is 11.9 Å². The van der Waals surface area contributed by atoms with Crippen LogP contribution in [-0.4, -0.2) is 48.6 Å². The van der Waals surface area contributed by atoms with E-state index in [-0.39, 0.29) is 18.1 Å². The third-order valence-electron chi connectivity index (χ3n) is 4.91. The van der Waals surface area contributed by atoms with E-state index in [4.69, 9.17) is 18.9 Å². The summed E-state index contributed by atoms with van der Waals surface area (Å²) in [6, 6.07) is 7.95. The van der Waals surface area contributed by atoms with Gasteiger partial charge in [-0.1, -0.05) is 18.6 Å². The summed E-state index contributed by atoms with van der Waals surface area (Å²) in [4.78, 5) is 15.5. The first-order valence-electron chi connectivity index (χ1n) is 10.6. The molecule has 2 atom stereocenters. The van der Waals surface area contributed by atoms with Crippen LogP contribution in [0.4, 0.5) is 0 Å². The molecule has 2 unspecified atom stereocenters. The van der Waals surface area contributed by atoms with Gasteiger partial charge < -0.3 is 23.5 Å². The summed E-state index contributed by atoms with van der Waals surface area (Å²) >= 11 is 0. The fourth-order valence-electron chi connectivity index (χ4n) is 3.06. The molecule has 0 amide bonds. The number of unbranched alkanes of at least 4 members (excludes halogenated alkanes) is 2. The van der Waals surface area contributed by atoms with Gasteiger partial charge in [0.2, 0.25) is 0 Å². The lowest BCUT2D eigenvalue weighted by Crippen LogP contribution is -2.29. The first kappa shape index (κ1) is 23.9. The number of aromatic nitrogens is 2. The Kier molecular flexibility index (Phi) is 11.0. The quantitative estimate of drug-likeness (QED) is 0.319. The summed E-state index contributed by atoms with van der Waals surface area (Å²) in [5.41, 5.74) is 1.09. The Morgan fingerprint density at radius 3 is 2.63 bits per heavy atom. The summed E-state index contributed by atoms with van der Waals surface area (Å²) in [6.07, 6.45) is 8.51. The number of methoxy groups -OCH3 is 1. The molecular formula is C23H34N2O5. The minimum atomic E-state index is -0.128. The van der Waals surface area contributed by atoms with Gasteiger partial charge in [0.25, 0.3) is 0 Å². The zero-order valence-corrected chi connectivity index (χ0v) is 18.3. The standard InChI is InChI=1S/C23H34N2O5/c1-4-29-23(26)8-6-5-7-15-30-22(19(2)25-14-13-24-18-25)17-28-16-20-9-11-21(27-3)12-10-20/h9-14,18-19,22H,4-8,15-17H2,1-3H3. The second-order valence-corrected chi connectivity index (χ2v) is 7.14. The fourth-order valence-corrected chi connectivity index (χ4v) is 3.06. The average molecular weight is 419 g/mol. The molecule has 7 heteroatoms. The molecule has 0 radical (unpaired) electrons. The van der Waals surface area contributed by atoms with E-state index in [1.54, 1.807) is 19.6 Å². The van der Waals surface area contributed by atoms with Gasteiger partial charge >= 0.3 is 5.97 Å². The van der Waals surface area contributed by atoms with E-state index in [9.17, 15) is 4.79 Å². The topological polar surface area (TPSA) is 71.8 Å². The van der Waals surface area contributed by atoms with Crippen LogP contribution in [0.15, 0.2) is 43.0 Å². The molecule has 0 aliphatic carbocycles. The minimum Gasteiger partial charge on any atom is -0.497 e. The van der Waals surface area contributed by atoms with E-state index < -0.39 is 0 Å². The highest BCUT2D eigenvalue weighted by Crippen LogP contribution is 2.17. The Balaban J connectivity index is 1.76. The van der Waals surface area contributed by atoms with Gasteiger partial charge in [0.15, 0.2) is 0 Å². The van der Waals surface area contributed by atoms with Crippen LogP contribution in [0.1, 0.15) is 51.1 Å². The molecule has 166 valence electrons. The molecule has 1 aromatic carbocycles. The van der Waals surface area contributed by atoms with Crippen molar-refractivity contribution in [3.05, 3.63) is 48.5 Å². The Bertz CT molecular complexity index is 703. The van der Waals surface area contributed by atoms with Crippen molar-refractivity contribution in [2.75, 3.05) is 26.9 Å². The number of carbonyl (C=O) groups excluding carboxylic acids is 1. The molecule has 1 heterocycles. The fraction of sp³-hybridized carbons (Fsp3) is 0.565. The summed E-state index contributed by atoms with van der Waals surface area (Å²) < 4.78 is 24.3. The maximum absolute atomic E-state index is 11.4. The molecular weight excluding hydrogens is 384 g/mol. The number of esters is 1. The zero-order valence-electron chi connectivity index (χ0n) is 18.3. The number of ether oxygens (including phenoxy) is 4. The summed E-state index contributed by atoms with van der Waals surface area (Å²) in [7, 11) is 1.65. The number of carbonyl (C=O) groups is 1. The molecule has 2 rings (SSSR count). The van der Waals surface area contributed by atoms with Crippen LogP contribution < -0.4 is 4.74 Å². The van der Waals surface area contributed by atoms with Crippen molar-refractivity contribution in [3.8, 4) is 5.75 Å². The summed E-state index contributed by atoms with van der Waals surface area (Å²) in [6.45, 7) is 5.98. The smallest absolute Gasteiger partial charge is 0.305 e. The maximum atomic E-state index is 11.4. The molecule has 0 saturated heterocycles. The van der Waals surface area contributed by atoms with Gasteiger partial charge in [-0.3, -0.25) is 4.79 Å². The van der Waals surface area contributed by atoms with Crippen molar-refractivity contribution in [1.29, 1.82) is 0 Å². The number of hydrogen-bond acceptors (Lipinski definition) is 6. The van der Waals surface area contributed by atoms with E-state index >= 15 is 0 Å². The lowest BCUT2D eigenvalue weighted by molar-refractivity contribution is -0.143. The van der Waals surface area contributed by atoms with Crippen molar-refractivity contribution in [1.82, 2.24) is 9.55 Å². The van der Waals surface area contributed by atoms with Gasteiger partial charge in [0, 0.05) is 25.4 Å². The van der Waals surface area contributed by atoms with Crippen molar-refractivity contribution in [2.24, 2.45) is 0 Å². The molecule has 0 fully saturated rings. The number of nitrogens with zero attached hydrogens (tertiary/aromatic N) is 2. The molecule has 0 spiro atoms. The second-order valence-electron chi connectivity index (χ2n) is 7.14. The molecule has 0 aliphatic heterocycles. The average Bonchev–Trinajstić information content (AvgIpc) is 3.30. The third kappa shape index (κ3) is 8.55. The van der Waals surface area contributed by atoms with E-state index in [2.05, 4.69) is 11.9 Å². The van der Waals surface area contributed by atoms with Crippen LogP contribution in [-0.2, 0) is 25.6 Å². The van der Waals surface area contributed by atoms with Gasteiger partial charge in [0.05, 0.1) is 39.3 Å². The molecule has 0 aliphatic rings. The van der Waals surface area contributed by atoms with Gasteiger partial charge in [-0.25, -0.2) is 4.98 Å². The van der Waals surface area contributed by atoms with Crippen molar-refractivity contribution in [3.63, 3.8) is 0 Å². The molecule has 7 nitrogen and oxygen atoms in total. The first-order chi connectivity index (χ1) is 14.6. The lowest BCUT2D eigenvalue weighted by Gasteiger charge is -2.25. The van der Waals surface area contributed by atoms with Crippen molar-refractivity contribution < 1.29 is 23.7 Å². The Morgan fingerprint density at radius 1 is 1.17 bits per heavy atom. The van der Waals surface area contributed by atoms with Crippen LogP contribution >= 0.6 is 0 Å². The third-order valence-corrected chi connectivity index (χ3v) is 4.91. The second kappa shape index (κ2) is 13.8. The molecule has 1 aromatic heterocycles. The molecule has 30 heavy (non-hydrogen) atoms. The van der Waals surface area contributed by atoms with E-state index in [0.717, 1.165) is 30.6 Å². The van der Waals surface area contributed by atoms with Crippen LogP contribution in [0.3, 0.4) is 0 Å². The summed E-state index contributed by atoms with van der Waals surface area (Å²) in [5.74, 6) is 0.702. The Labute approximate surface area is 179 Å². The Hall–Kier alpha value is -2.38. The highest BCUT2D eigenvalue weighted by molar-refractivity contribution is 5.69. The predicted octanol–water partition coefficient (Wildman–Crippen LogP) is 4.18. The molecule has 0 N–H and O–H groups in total. The molecule has 2 aromatic rings. The highest BCUT2D eigenvalue weighted by atomic mass is 16.5. The van der Waals surface area contributed by atoms with Crippen molar-refractivity contribution >= 4 is 5.97 Å². The number of benzene rings is 1. The number of imidazole rings is 1.